The SMILES string of the molecule is C=C/C(=C\N=C(N)N1CCC(OC2CN(CC(C)(C)Oc3ccc(C(C)(C)O)cc3-c3cn(C)c(=O)c4[nH]ccc34)C2)CC1)C(=O)NC1C(C)(C)C(Oc2ccc(C#N)c(Cl)c2)C1(C)C. The number of pyridine rings is 1. The van der Waals surface area contributed by atoms with Crippen molar-refractivity contribution in [3.05, 3.63) is 106 Å². The number of aromatic nitrogens is 2. The number of aryl methyl sites for hydroxylation is 1. The lowest BCUT2D eigenvalue weighted by molar-refractivity contribution is -0.172. The van der Waals surface area contributed by atoms with E-state index in [4.69, 9.17) is 31.5 Å². The predicted octanol–water partition coefficient (Wildman–Crippen LogP) is 6.99. The number of nitrogens with two attached hydrogens (primary N) is 1. The second-order valence-electron chi connectivity index (χ2n) is 20.1. The first-order chi connectivity index (χ1) is 30.5. The highest BCUT2D eigenvalue weighted by Crippen LogP contribution is 2.55. The molecule has 2 saturated heterocycles. The van der Waals surface area contributed by atoms with E-state index in [1.807, 2.05) is 35.4 Å². The van der Waals surface area contributed by atoms with Gasteiger partial charge in [-0.25, -0.2) is 4.99 Å². The highest BCUT2D eigenvalue weighted by atomic mass is 35.5. The monoisotopic (exact) mass is 906 g/mol. The highest BCUT2D eigenvalue weighted by molar-refractivity contribution is 6.31. The quantitative estimate of drug-likeness (QED) is 0.0445. The van der Waals surface area contributed by atoms with Crippen LogP contribution in [0.2, 0.25) is 5.02 Å². The van der Waals surface area contributed by atoms with Crippen LogP contribution < -0.4 is 26.1 Å². The van der Waals surface area contributed by atoms with Gasteiger partial charge < -0.3 is 44.8 Å². The number of guanidine groups is 1. The molecule has 4 heterocycles. The second-order valence-corrected chi connectivity index (χ2v) is 20.5. The Morgan fingerprint density at radius 2 is 1.77 bits per heavy atom. The van der Waals surface area contributed by atoms with Gasteiger partial charge >= 0.3 is 0 Å². The van der Waals surface area contributed by atoms with Gasteiger partial charge in [0, 0.05) is 97.8 Å². The van der Waals surface area contributed by atoms with E-state index >= 15 is 0 Å². The van der Waals surface area contributed by atoms with Crippen molar-refractivity contribution in [2.45, 2.75) is 104 Å². The Bertz CT molecular complexity index is 2600. The second kappa shape index (κ2) is 18.0. The molecule has 3 aliphatic rings. The first-order valence-corrected chi connectivity index (χ1v) is 22.6. The third-order valence-electron chi connectivity index (χ3n) is 13.2. The van der Waals surface area contributed by atoms with Crippen molar-refractivity contribution >= 4 is 34.4 Å². The molecule has 1 saturated carbocycles. The lowest BCUT2D eigenvalue weighted by Gasteiger charge is -2.63. The van der Waals surface area contributed by atoms with Gasteiger partial charge in [-0.2, -0.15) is 5.26 Å². The Labute approximate surface area is 386 Å². The summed E-state index contributed by atoms with van der Waals surface area (Å²) in [6, 6.07) is 14.5. The summed E-state index contributed by atoms with van der Waals surface area (Å²) < 4.78 is 21.2. The van der Waals surface area contributed by atoms with Crippen LogP contribution in [0.1, 0.15) is 79.4 Å². The number of likely N-dealkylation sites (tertiary alicyclic amines) is 2. The molecule has 3 fully saturated rings. The zero-order chi connectivity index (χ0) is 47.2. The number of aromatic amines is 1. The van der Waals surface area contributed by atoms with Gasteiger partial charge in [0.2, 0.25) is 0 Å². The summed E-state index contributed by atoms with van der Waals surface area (Å²) in [5.41, 5.74) is 7.43. The highest BCUT2D eigenvalue weighted by Gasteiger charge is 2.64. The van der Waals surface area contributed by atoms with Gasteiger partial charge in [-0.15, -0.1) is 0 Å². The molecule has 5 N–H and O–H groups in total. The van der Waals surface area contributed by atoms with E-state index in [1.165, 1.54) is 12.3 Å². The van der Waals surface area contributed by atoms with E-state index in [-0.39, 0.29) is 35.8 Å². The summed E-state index contributed by atoms with van der Waals surface area (Å²) in [6.45, 7) is 23.3. The van der Waals surface area contributed by atoms with E-state index in [0.29, 0.717) is 58.8 Å². The number of piperidine rings is 1. The van der Waals surface area contributed by atoms with Crippen LogP contribution >= 0.6 is 11.6 Å². The summed E-state index contributed by atoms with van der Waals surface area (Å²) in [4.78, 5) is 38.3. The van der Waals surface area contributed by atoms with Crippen LogP contribution in [-0.2, 0) is 22.2 Å². The maximum absolute atomic E-state index is 13.5. The molecule has 1 aliphatic carbocycles. The van der Waals surface area contributed by atoms with Crippen LogP contribution in [0.4, 0.5) is 0 Å². The lowest BCUT2D eigenvalue weighted by atomic mass is 9.49. The first-order valence-electron chi connectivity index (χ1n) is 22.2. The molecular formula is C50H63ClN8O6. The molecule has 4 aromatic rings. The number of carbonyl (C=O) groups is 1. The van der Waals surface area contributed by atoms with Crippen LogP contribution in [0, 0.1) is 22.2 Å². The Hall–Kier alpha value is -5.59. The molecular weight excluding hydrogens is 844 g/mol. The molecule has 0 atom stereocenters. The largest absolute Gasteiger partial charge is 0.489 e. The predicted molar refractivity (Wildman–Crippen MR) is 255 cm³/mol. The number of carbonyl (C=O) groups excluding carboxylic acids is 1. The van der Waals surface area contributed by atoms with Crippen molar-refractivity contribution in [1.29, 1.82) is 5.26 Å². The van der Waals surface area contributed by atoms with E-state index < -0.39 is 22.0 Å². The van der Waals surface area contributed by atoms with Gasteiger partial charge in [-0.1, -0.05) is 58.0 Å². The molecule has 0 unspecified atom stereocenters. The number of amides is 1. The number of hydrogen-bond donors (Lipinski definition) is 4. The van der Waals surface area contributed by atoms with Crippen molar-refractivity contribution in [1.82, 2.24) is 24.7 Å². The van der Waals surface area contributed by atoms with E-state index in [0.717, 1.165) is 48.0 Å². The van der Waals surface area contributed by atoms with E-state index in [1.54, 1.807) is 49.9 Å². The third-order valence-corrected chi connectivity index (χ3v) is 13.5. The topological polar surface area (TPSA) is 183 Å². The van der Waals surface area contributed by atoms with Crippen LogP contribution in [0.25, 0.3) is 22.0 Å². The smallest absolute Gasteiger partial charge is 0.274 e. The van der Waals surface area contributed by atoms with Crippen molar-refractivity contribution in [2.75, 3.05) is 32.7 Å². The fourth-order valence-electron chi connectivity index (χ4n) is 10.0. The number of hydrogen-bond acceptors (Lipinski definition) is 9. The van der Waals surface area contributed by atoms with Crippen LogP contribution in [0.15, 0.2) is 89.1 Å². The van der Waals surface area contributed by atoms with Crippen molar-refractivity contribution in [3.63, 3.8) is 0 Å². The molecule has 346 valence electrons. The average Bonchev–Trinajstić information content (AvgIpc) is 3.73. The minimum absolute atomic E-state index is 0.0976. The van der Waals surface area contributed by atoms with E-state index in [2.05, 4.69) is 74.4 Å². The molecule has 1 amide bonds. The normalized spacial score (nSPS) is 20.7. The Morgan fingerprint density at radius 1 is 1.08 bits per heavy atom. The maximum atomic E-state index is 13.5. The number of halogens is 1. The van der Waals surface area contributed by atoms with Crippen molar-refractivity contribution in [2.24, 2.45) is 28.6 Å². The number of nitriles is 1. The molecule has 0 radical (unpaired) electrons. The molecule has 7 rings (SSSR count). The number of rotatable bonds is 14. The Morgan fingerprint density at radius 3 is 2.40 bits per heavy atom. The fraction of sp³-hybridized carbons (Fsp3) is 0.480. The summed E-state index contributed by atoms with van der Waals surface area (Å²) in [5, 5.41) is 24.4. The molecule has 0 bridgehead atoms. The molecule has 65 heavy (non-hydrogen) atoms. The van der Waals surface area contributed by atoms with Gasteiger partial charge in [-0.3, -0.25) is 14.5 Å². The molecule has 14 nitrogen and oxygen atoms in total. The first kappa shape index (κ1) is 47.4. The molecule has 2 aliphatic heterocycles. The number of nitrogens with zero attached hydrogens (tertiary/aromatic N) is 5. The van der Waals surface area contributed by atoms with E-state index in [9.17, 15) is 20.0 Å². The molecule has 15 heteroatoms. The molecule has 2 aromatic heterocycles. The minimum Gasteiger partial charge on any atom is -0.489 e. The number of aliphatic imine (C=N–C) groups is 1. The number of ether oxygens (including phenoxy) is 3. The summed E-state index contributed by atoms with van der Waals surface area (Å²) in [7, 11) is 1.73. The van der Waals surface area contributed by atoms with Gasteiger partial charge in [-0.05, 0) is 76.4 Å². The summed E-state index contributed by atoms with van der Waals surface area (Å²) in [6.07, 6.45) is 8.11. The third kappa shape index (κ3) is 9.84. The van der Waals surface area contributed by atoms with Crippen LogP contribution in [0.3, 0.4) is 0 Å². The fourth-order valence-corrected chi connectivity index (χ4v) is 10.2. The number of fused-ring (bicyclic) bond motifs is 1. The van der Waals surface area contributed by atoms with Gasteiger partial charge in [0.05, 0.1) is 34.0 Å². The average molecular weight is 908 g/mol. The van der Waals surface area contributed by atoms with Gasteiger partial charge in [0.15, 0.2) is 5.96 Å². The Kier molecular flexibility index (Phi) is 13.1. The zero-order valence-electron chi connectivity index (χ0n) is 39.0. The number of H-pyrrole nitrogens is 1. The van der Waals surface area contributed by atoms with Gasteiger partial charge in [0.25, 0.3) is 11.5 Å². The maximum Gasteiger partial charge on any atom is 0.274 e. The molecule has 2 aromatic carbocycles. The standard InChI is InChI=1S/C50H63ClN8O6/c1-11-30(42(60)56-44-48(4,5)45(49(44,6)7)64-34-14-12-31(24-52)39(51)23-34)25-55-46(53)59-20-17-33(18-21-59)63-35-26-58(27-35)29-47(2,3)65-40-15-13-32(50(8,9)62)22-37(40)38-28-57(10)43(61)41-36(38)16-19-54-41/h11-16,19,22-23,25,28,33,35,44-45,54,62H,1,17-18,20-21,26-27,29H2,2-10H3,(H2,53,55)(H,56,60)/b30-25+. The minimum atomic E-state index is -1.07. The Balaban J connectivity index is 0.890. The van der Waals surface area contributed by atoms with Crippen molar-refractivity contribution in [3.8, 4) is 28.7 Å². The van der Waals surface area contributed by atoms with Crippen molar-refractivity contribution < 1.29 is 24.1 Å². The number of benzene rings is 2. The summed E-state index contributed by atoms with van der Waals surface area (Å²) >= 11 is 6.26. The zero-order valence-corrected chi connectivity index (χ0v) is 39.8. The number of aliphatic hydroxyl groups is 1. The molecule has 0 spiro atoms. The number of nitrogens with one attached hydrogen (secondary N) is 2. The van der Waals surface area contributed by atoms with Crippen LogP contribution in [0.5, 0.6) is 11.5 Å². The van der Waals surface area contributed by atoms with Crippen LogP contribution in [-0.4, -0.2) is 99.0 Å². The lowest BCUT2D eigenvalue weighted by Crippen LogP contribution is -2.74. The van der Waals surface area contributed by atoms with Gasteiger partial charge in [0.1, 0.15) is 34.8 Å². The summed E-state index contributed by atoms with van der Waals surface area (Å²) in [5.74, 6) is 1.26.